The minimum absolute atomic E-state index is 0.759. The Bertz CT molecular complexity index is 873. The van der Waals surface area contributed by atoms with Gasteiger partial charge in [-0.1, -0.05) is 55.7 Å². The van der Waals surface area contributed by atoms with Crippen molar-refractivity contribution in [2.24, 2.45) is 0 Å². The third-order valence-corrected chi connectivity index (χ3v) is 6.39. The molecule has 0 bridgehead atoms. The van der Waals surface area contributed by atoms with E-state index in [1.54, 1.807) is 11.3 Å². The molecule has 0 amide bonds. The maximum Gasteiger partial charge on any atom is 0.187 e. The number of nitrogens with zero attached hydrogens (tertiary/aromatic N) is 1. The van der Waals surface area contributed by atoms with Crippen molar-refractivity contribution in [1.29, 1.82) is 0 Å². The molecule has 1 aliphatic rings. The average molecular weight is 363 g/mol. The highest BCUT2D eigenvalue weighted by Gasteiger charge is 2.15. The van der Waals surface area contributed by atoms with Gasteiger partial charge in [0.15, 0.2) is 5.13 Å². The maximum absolute atomic E-state index is 4.80. The molecule has 1 saturated carbocycles. The molecule has 1 heterocycles. The fourth-order valence-electron chi connectivity index (χ4n) is 3.83. The van der Waals surface area contributed by atoms with Gasteiger partial charge >= 0.3 is 0 Å². The molecule has 2 aromatic carbocycles. The summed E-state index contributed by atoms with van der Waals surface area (Å²) in [4.78, 5) is 4.80. The SMILES string of the molecule is Cc1cccc(Nc2nc(-c3ccc(C4CCCCC4)cc3)cs2)c1C. The summed E-state index contributed by atoms with van der Waals surface area (Å²) in [6.07, 6.45) is 6.86. The Labute approximate surface area is 160 Å². The molecule has 4 rings (SSSR count). The van der Waals surface area contributed by atoms with Gasteiger partial charge < -0.3 is 5.32 Å². The predicted octanol–water partition coefficient (Wildman–Crippen LogP) is 7.22. The van der Waals surface area contributed by atoms with Crippen LogP contribution in [0.3, 0.4) is 0 Å². The molecule has 26 heavy (non-hydrogen) atoms. The monoisotopic (exact) mass is 362 g/mol. The highest BCUT2D eigenvalue weighted by molar-refractivity contribution is 7.14. The van der Waals surface area contributed by atoms with Crippen LogP contribution in [0.25, 0.3) is 11.3 Å². The summed E-state index contributed by atoms with van der Waals surface area (Å²) >= 11 is 1.66. The van der Waals surface area contributed by atoms with E-state index in [1.165, 1.54) is 54.4 Å². The number of thiazole rings is 1. The molecule has 0 radical (unpaired) electrons. The second-order valence-electron chi connectivity index (χ2n) is 7.37. The number of aromatic nitrogens is 1. The molecule has 0 aliphatic heterocycles. The summed E-state index contributed by atoms with van der Waals surface area (Å²) in [5.41, 5.74) is 7.47. The molecule has 0 spiro atoms. The first-order valence-corrected chi connectivity index (χ1v) is 10.5. The second kappa shape index (κ2) is 7.63. The number of hydrogen-bond donors (Lipinski definition) is 1. The molecule has 0 unspecified atom stereocenters. The molecule has 1 N–H and O–H groups in total. The summed E-state index contributed by atoms with van der Waals surface area (Å²) in [6, 6.07) is 15.4. The number of aryl methyl sites for hydroxylation is 1. The van der Waals surface area contributed by atoms with Gasteiger partial charge in [0.25, 0.3) is 0 Å². The van der Waals surface area contributed by atoms with Gasteiger partial charge in [0.2, 0.25) is 0 Å². The normalized spacial score (nSPS) is 15.2. The lowest BCUT2D eigenvalue weighted by atomic mass is 9.84. The zero-order valence-corrected chi connectivity index (χ0v) is 16.4. The molecule has 1 fully saturated rings. The summed E-state index contributed by atoms with van der Waals surface area (Å²) in [5, 5.41) is 6.56. The van der Waals surface area contributed by atoms with Gasteiger partial charge in [0, 0.05) is 16.6 Å². The largest absolute Gasteiger partial charge is 0.331 e. The number of hydrogen-bond acceptors (Lipinski definition) is 3. The molecule has 1 aromatic heterocycles. The van der Waals surface area contributed by atoms with E-state index in [0.29, 0.717) is 0 Å². The summed E-state index contributed by atoms with van der Waals surface area (Å²) < 4.78 is 0. The van der Waals surface area contributed by atoms with Crippen molar-refractivity contribution in [1.82, 2.24) is 4.98 Å². The first-order valence-electron chi connectivity index (χ1n) is 9.60. The number of benzene rings is 2. The van der Waals surface area contributed by atoms with Crippen molar-refractivity contribution >= 4 is 22.2 Å². The first-order chi connectivity index (χ1) is 12.7. The number of anilines is 2. The Kier molecular flexibility index (Phi) is 5.07. The van der Waals surface area contributed by atoms with Crippen molar-refractivity contribution in [3.8, 4) is 11.3 Å². The standard InChI is InChI=1S/C23H26N2S/c1-16-7-6-10-21(17(16)2)24-23-25-22(15-26-23)20-13-11-19(12-14-20)18-8-4-3-5-9-18/h6-7,10-15,18H,3-5,8-9H2,1-2H3,(H,24,25). The van der Waals surface area contributed by atoms with Gasteiger partial charge in [0.1, 0.15) is 0 Å². The van der Waals surface area contributed by atoms with Crippen LogP contribution in [0.4, 0.5) is 10.8 Å². The second-order valence-corrected chi connectivity index (χ2v) is 8.23. The zero-order valence-electron chi connectivity index (χ0n) is 15.6. The minimum atomic E-state index is 0.759. The number of rotatable bonds is 4. The van der Waals surface area contributed by atoms with Crippen LogP contribution in [-0.4, -0.2) is 4.98 Å². The average Bonchev–Trinajstić information content (AvgIpc) is 3.15. The van der Waals surface area contributed by atoms with Gasteiger partial charge in [-0.15, -0.1) is 11.3 Å². The van der Waals surface area contributed by atoms with E-state index in [4.69, 9.17) is 4.98 Å². The van der Waals surface area contributed by atoms with Crippen LogP contribution in [0.15, 0.2) is 47.8 Å². The summed E-state index contributed by atoms with van der Waals surface area (Å²) in [6.45, 7) is 4.29. The van der Waals surface area contributed by atoms with Gasteiger partial charge in [-0.25, -0.2) is 4.98 Å². The van der Waals surface area contributed by atoms with Crippen molar-refractivity contribution in [3.05, 3.63) is 64.5 Å². The Morgan fingerprint density at radius 2 is 1.73 bits per heavy atom. The van der Waals surface area contributed by atoms with Crippen LogP contribution >= 0.6 is 11.3 Å². The van der Waals surface area contributed by atoms with E-state index in [1.807, 2.05) is 0 Å². The molecule has 0 saturated heterocycles. The Balaban J connectivity index is 1.49. The third-order valence-electron chi connectivity index (χ3n) is 5.63. The molecule has 0 atom stereocenters. The van der Waals surface area contributed by atoms with Gasteiger partial charge in [-0.2, -0.15) is 0 Å². The van der Waals surface area contributed by atoms with Crippen LogP contribution in [-0.2, 0) is 0 Å². The smallest absolute Gasteiger partial charge is 0.187 e. The summed E-state index contributed by atoms with van der Waals surface area (Å²) in [7, 11) is 0. The van der Waals surface area contributed by atoms with Crippen LogP contribution in [0.1, 0.15) is 54.7 Å². The molecular weight excluding hydrogens is 336 g/mol. The van der Waals surface area contributed by atoms with E-state index >= 15 is 0 Å². The maximum atomic E-state index is 4.80. The lowest BCUT2D eigenvalue weighted by Crippen LogP contribution is -2.04. The van der Waals surface area contributed by atoms with Crippen LogP contribution in [0.5, 0.6) is 0 Å². The van der Waals surface area contributed by atoms with Gasteiger partial charge in [-0.05, 0) is 55.4 Å². The van der Waals surface area contributed by atoms with E-state index in [-0.39, 0.29) is 0 Å². The van der Waals surface area contributed by atoms with Crippen molar-refractivity contribution in [3.63, 3.8) is 0 Å². The molecule has 3 heteroatoms. The van der Waals surface area contributed by atoms with E-state index in [9.17, 15) is 0 Å². The quantitative estimate of drug-likeness (QED) is 0.530. The topological polar surface area (TPSA) is 24.9 Å². The molecule has 1 aliphatic carbocycles. The Morgan fingerprint density at radius 1 is 0.962 bits per heavy atom. The Hall–Kier alpha value is -2.13. The predicted molar refractivity (Wildman–Crippen MR) is 113 cm³/mol. The molecule has 134 valence electrons. The van der Waals surface area contributed by atoms with Crippen LogP contribution in [0.2, 0.25) is 0 Å². The zero-order chi connectivity index (χ0) is 17.9. The van der Waals surface area contributed by atoms with Crippen LogP contribution < -0.4 is 5.32 Å². The van der Waals surface area contributed by atoms with Gasteiger partial charge in [0.05, 0.1) is 5.69 Å². The number of nitrogens with one attached hydrogen (secondary N) is 1. The van der Waals surface area contributed by atoms with Crippen molar-refractivity contribution < 1.29 is 0 Å². The fraction of sp³-hybridized carbons (Fsp3) is 0.348. The fourth-order valence-corrected chi connectivity index (χ4v) is 4.56. The van der Waals surface area contributed by atoms with Gasteiger partial charge in [-0.3, -0.25) is 0 Å². The van der Waals surface area contributed by atoms with Crippen LogP contribution in [0, 0.1) is 13.8 Å². The third kappa shape index (κ3) is 3.68. The lowest BCUT2D eigenvalue weighted by Gasteiger charge is -2.22. The lowest BCUT2D eigenvalue weighted by molar-refractivity contribution is 0.443. The molecule has 3 aromatic rings. The van der Waals surface area contributed by atoms with Crippen molar-refractivity contribution in [2.45, 2.75) is 51.9 Å². The highest BCUT2D eigenvalue weighted by atomic mass is 32.1. The first kappa shape index (κ1) is 17.3. The highest BCUT2D eigenvalue weighted by Crippen LogP contribution is 2.34. The molecule has 2 nitrogen and oxygen atoms in total. The molecular formula is C23H26N2S. The summed E-state index contributed by atoms with van der Waals surface area (Å²) in [5.74, 6) is 0.759. The van der Waals surface area contributed by atoms with E-state index < -0.39 is 0 Å². The van der Waals surface area contributed by atoms with E-state index in [2.05, 4.69) is 67.0 Å². The van der Waals surface area contributed by atoms with E-state index in [0.717, 1.165) is 22.4 Å². The Morgan fingerprint density at radius 3 is 2.50 bits per heavy atom. The van der Waals surface area contributed by atoms with Crippen molar-refractivity contribution in [2.75, 3.05) is 5.32 Å². The minimum Gasteiger partial charge on any atom is -0.331 e.